The third-order valence-electron chi connectivity index (χ3n) is 4.50. The molecule has 2 aromatic carbocycles. The molecule has 0 bridgehead atoms. The SMILES string of the molecule is CCOc1ccc(CCNC(=S)N[C@H](CC)c2ccc(C)cc2)cc1OCC. The van der Waals surface area contributed by atoms with Crippen LogP contribution < -0.4 is 20.1 Å². The van der Waals surface area contributed by atoms with E-state index < -0.39 is 0 Å². The molecule has 0 aliphatic carbocycles. The molecule has 0 heterocycles. The summed E-state index contributed by atoms with van der Waals surface area (Å²) < 4.78 is 11.3. The highest BCUT2D eigenvalue weighted by atomic mass is 32.1. The molecule has 4 nitrogen and oxygen atoms in total. The van der Waals surface area contributed by atoms with Gasteiger partial charge in [-0.15, -0.1) is 0 Å². The van der Waals surface area contributed by atoms with Crippen LogP contribution in [0.5, 0.6) is 11.5 Å². The summed E-state index contributed by atoms with van der Waals surface area (Å²) in [6.45, 7) is 10.2. The predicted octanol–water partition coefficient (Wildman–Crippen LogP) is 4.95. The van der Waals surface area contributed by atoms with Crippen molar-refractivity contribution in [2.24, 2.45) is 0 Å². The Morgan fingerprint density at radius 1 is 0.964 bits per heavy atom. The molecule has 0 fully saturated rings. The molecule has 0 aliphatic rings. The van der Waals surface area contributed by atoms with Crippen LogP contribution in [0.15, 0.2) is 42.5 Å². The number of aryl methyl sites for hydroxylation is 1. The Labute approximate surface area is 174 Å². The quantitative estimate of drug-likeness (QED) is 0.552. The van der Waals surface area contributed by atoms with Crippen LogP contribution in [0, 0.1) is 6.92 Å². The molecule has 0 aromatic heterocycles. The summed E-state index contributed by atoms with van der Waals surface area (Å²) in [4.78, 5) is 0. The predicted molar refractivity (Wildman–Crippen MR) is 120 cm³/mol. The first kappa shape index (κ1) is 22.0. The van der Waals surface area contributed by atoms with E-state index in [1.165, 1.54) is 16.7 Å². The topological polar surface area (TPSA) is 42.5 Å². The Morgan fingerprint density at radius 3 is 2.29 bits per heavy atom. The summed E-state index contributed by atoms with van der Waals surface area (Å²) >= 11 is 5.49. The minimum atomic E-state index is 0.218. The van der Waals surface area contributed by atoms with Crippen molar-refractivity contribution < 1.29 is 9.47 Å². The third-order valence-corrected chi connectivity index (χ3v) is 4.76. The summed E-state index contributed by atoms with van der Waals surface area (Å²) in [5.74, 6) is 1.59. The fourth-order valence-corrected chi connectivity index (χ4v) is 3.24. The van der Waals surface area contributed by atoms with Crippen LogP contribution in [-0.2, 0) is 6.42 Å². The molecule has 2 aromatic rings. The molecule has 152 valence electrons. The van der Waals surface area contributed by atoms with Gasteiger partial charge in [0.25, 0.3) is 0 Å². The fraction of sp³-hybridized carbons (Fsp3) is 0.435. The van der Waals surface area contributed by atoms with Crippen molar-refractivity contribution in [1.29, 1.82) is 0 Å². The first-order chi connectivity index (χ1) is 13.6. The lowest BCUT2D eigenvalue weighted by atomic mass is 10.0. The maximum absolute atomic E-state index is 5.70. The van der Waals surface area contributed by atoms with E-state index in [0.717, 1.165) is 30.9 Å². The number of rotatable bonds is 10. The molecule has 28 heavy (non-hydrogen) atoms. The van der Waals surface area contributed by atoms with Gasteiger partial charge in [-0.1, -0.05) is 42.8 Å². The lowest BCUT2D eigenvalue weighted by Crippen LogP contribution is -2.38. The molecule has 0 saturated carbocycles. The van der Waals surface area contributed by atoms with Crippen molar-refractivity contribution in [3.63, 3.8) is 0 Å². The monoisotopic (exact) mass is 400 g/mol. The van der Waals surface area contributed by atoms with E-state index in [1.54, 1.807) is 0 Å². The summed E-state index contributed by atoms with van der Waals surface area (Å²) in [6, 6.07) is 14.9. The van der Waals surface area contributed by atoms with Gasteiger partial charge in [0.15, 0.2) is 16.6 Å². The van der Waals surface area contributed by atoms with Gasteiger partial charge in [0.05, 0.1) is 19.3 Å². The maximum Gasteiger partial charge on any atom is 0.166 e. The number of nitrogens with one attached hydrogen (secondary N) is 2. The lowest BCUT2D eigenvalue weighted by Gasteiger charge is -2.20. The number of benzene rings is 2. The van der Waals surface area contributed by atoms with Crippen LogP contribution in [-0.4, -0.2) is 24.9 Å². The molecule has 0 unspecified atom stereocenters. The smallest absolute Gasteiger partial charge is 0.166 e. The van der Waals surface area contributed by atoms with Crippen molar-refractivity contribution in [1.82, 2.24) is 10.6 Å². The molecule has 1 atom stereocenters. The molecular formula is C23H32N2O2S. The van der Waals surface area contributed by atoms with E-state index in [9.17, 15) is 0 Å². The van der Waals surface area contributed by atoms with Gasteiger partial charge in [-0.2, -0.15) is 0 Å². The normalized spacial score (nSPS) is 11.6. The maximum atomic E-state index is 5.70. The van der Waals surface area contributed by atoms with Crippen LogP contribution in [0.2, 0.25) is 0 Å². The van der Waals surface area contributed by atoms with Gasteiger partial charge in [-0.05, 0) is 69.1 Å². The van der Waals surface area contributed by atoms with E-state index in [-0.39, 0.29) is 6.04 Å². The molecule has 5 heteroatoms. The zero-order valence-corrected chi connectivity index (χ0v) is 18.2. The zero-order valence-electron chi connectivity index (χ0n) is 17.4. The lowest BCUT2D eigenvalue weighted by molar-refractivity contribution is 0.287. The fourth-order valence-electron chi connectivity index (χ4n) is 3.00. The van der Waals surface area contributed by atoms with Gasteiger partial charge in [0, 0.05) is 6.54 Å². The van der Waals surface area contributed by atoms with Crippen molar-refractivity contribution >= 4 is 17.3 Å². The highest BCUT2D eigenvalue weighted by Gasteiger charge is 2.10. The number of hydrogen-bond acceptors (Lipinski definition) is 3. The van der Waals surface area contributed by atoms with Crippen LogP contribution in [0.4, 0.5) is 0 Å². The summed E-state index contributed by atoms with van der Waals surface area (Å²) in [5.41, 5.74) is 3.71. The molecule has 0 aliphatic heterocycles. The number of thiocarbonyl (C=S) groups is 1. The van der Waals surface area contributed by atoms with Gasteiger partial charge >= 0.3 is 0 Å². The minimum absolute atomic E-state index is 0.218. The van der Waals surface area contributed by atoms with Crippen LogP contribution >= 0.6 is 12.2 Å². The Hall–Kier alpha value is -2.27. The highest BCUT2D eigenvalue weighted by Crippen LogP contribution is 2.28. The molecule has 0 amide bonds. The Morgan fingerprint density at radius 2 is 1.64 bits per heavy atom. The van der Waals surface area contributed by atoms with Crippen LogP contribution in [0.25, 0.3) is 0 Å². The van der Waals surface area contributed by atoms with E-state index in [4.69, 9.17) is 21.7 Å². The Balaban J connectivity index is 1.87. The molecule has 0 saturated heterocycles. The van der Waals surface area contributed by atoms with E-state index in [1.807, 2.05) is 26.0 Å². The van der Waals surface area contributed by atoms with Crippen molar-refractivity contribution in [3.05, 3.63) is 59.2 Å². The summed E-state index contributed by atoms with van der Waals surface area (Å²) in [5, 5.41) is 7.42. The standard InChI is InChI=1S/C23H32N2O2S/c1-5-20(19-11-8-17(4)9-12-19)25-23(28)24-15-14-18-10-13-21(26-6-2)22(16-18)27-7-3/h8-13,16,20H,5-7,14-15H2,1-4H3,(H2,24,25,28)/t20-/m1/s1. The van der Waals surface area contributed by atoms with Crippen molar-refractivity contribution in [3.8, 4) is 11.5 Å². The summed E-state index contributed by atoms with van der Waals surface area (Å²) in [7, 11) is 0. The second-order valence-corrected chi connectivity index (χ2v) is 7.08. The van der Waals surface area contributed by atoms with E-state index in [2.05, 4.69) is 54.8 Å². The van der Waals surface area contributed by atoms with Gasteiger partial charge in [-0.25, -0.2) is 0 Å². The minimum Gasteiger partial charge on any atom is -0.490 e. The van der Waals surface area contributed by atoms with Gasteiger partial charge in [-0.3, -0.25) is 0 Å². The Kier molecular flexibility index (Phi) is 9.08. The van der Waals surface area contributed by atoms with E-state index in [0.29, 0.717) is 18.3 Å². The Bertz CT molecular complexity index is 747. The van der Waals surface area contributed by atoms with Gasteiger partial charge in [0.2, 0.25) is 0 Å². The second-order valence-electron chi connectivity index (χ2n) is 6.67. The molecule has 0 radical (unpaired) electrons. The summed E-state index contributed by atoms with van der Waals surface area (Å²) in [6.07, 6.45) is 1.83. The third kappa shape index (κ3) is 6.71. The largest absolute Gasteiger partial charge is 0.490 e. The van der Waals surface area contributed by atoms with E-state index >= 15 is 0 Å². The average Bonchev–Trinajstić information content (AvgIpc) is 2.69. The average molecular weight is 401 g/mol. The van der Waals surface area contributed by atoms with Crippen LogP contribution in [0.1, 0.15) is 49.9 Å². The van der Waals surface area contributed by atoms with Crippen molar-refractivity contribution in [2.45, 2.75) is 46.6 Å². The number of ether oxygens (including phenoxy) is 2. The second kappa shape index (κ2) is 11.5. The van der Waals surface area contributed by atoms with Crippen molar-refractivity contribution in [2.75, 3.05) is 19.8 Å². The van der Waals surface area contributed by atoms with Gasteiger partial charge < -0.3 is 20.1 Å². The first-order valence-corrected chi connectivity index (χ1v) is 10.5. The molecule has 0 spiro atoms. The molecule has 2 N–H and O–H groups in total. The first-order valence-electron chi connectivity index (χ1n) is 10.1. The molecular weight excluding hydrogens is 368 g/mol. The highest BCUT2D eigenvalue weighted by molar-refractivity contribution is 7.80. The molecule has 2 rings (SSSR count). The zero-order chi connectivity index (χ0) is 20.4. The number of hydrogen-bond donors (Lipinski definition) is 2. The van der Waals surface area contributed by atoms with Crippen LogP contribution in [0.3, 0.4) is 0 Å². The van der Waals surface area contributed by atoms with Gasteiger partial charge in [0.1, 0.15) is 0 Å².